The van der Waals surface area contributed by atoms with Crippen molar-refractivity contribution in [1.29, 1.82) is 0 Å². The van der Waals surface area contributed by atoms with Crippen LogP contribution in [0.25, 0.3) is 0 Å². The lowest BCUT2D eigenvalue weighted by Gasteiger charge is -2.27. The number of hydrogen-bond acceptors (Lipinski definition) is 3. The molecule has 0 amide bonds. The summed E-state index contributed by atoms with van der Waals surface area (Å²) in [6.45, 7) is 8.36. The molecule has 0 saturated heterocycles. The van der Waals surface area contributed by atoms with Crippen molar-refractivity contribution in [2.24, 2.45) is 11.3 Å². The fraction of sp³-hybridized carbons (Fsp3) is 0.538. The van der Waals surface area contributed by atoms with Gasteiger partial charge in [0.1, 0.15) is 5.82 Å². The molecule has 108 valence electrons. The number of nitrogens with one attached hydrogen (secondary N) is 1. The third-order valence-electron chi connectivity index (χ3n) is 3.26. The van der Waals surface area contributed by atoms with Crippen molar-refractivity contribution in [3.8, 4) is 0 Å². The lowest BCUT2D eigenvalue weighted by molar-refractivity contribution is 0.263. The van der Waals surface area contributed by atoms with Gasteiger partial charge in [-0.05, 0) is 29.5 Å². The van der Waals surface area contributed by atoms with Crippen LogP contribution in [0.3, 0.4) is 0 Å². The van der Waals surface area contributed by atoms with Gasteiger partial charge in [0.05, 0.1) is 4.90 Å². The van der Waals surface area contributed by atoms with Crippen molar-refractivity contribution in [2.45, 2.75) is 32.6 Å². The molecule has 0 saturated carbocycles. The highest BCUT2D eigenvalue weighted by molar-refractivity contribution is 7.89. The zero-order chi connectivity index (χ0) is 14.8. The molecule has 0 radical (unpaired) electrons. The first-order chi connectivity index (χ1) is 8.52. The zero-order valence-corrected chi connectivity index (χ0v) is 12.5. The van der Waals surface area contributed by atoms with Crippen molar-refractivity contribution in [3.63, 3.8) is 0 Å². The van der Waals surface area contributed by atoms with E-state index in [-0.39, 0.29) is 21.9 Å². The average molecular weight is 288 g/mol. The Morgan fingerprint density at radius 3 is 2.37 bits per heavy atom. The summed E-state index contributed by atoms with van der Waals surface area (Å²) in [5.41, 5.74) is 5.53. The average Bonchev–Trinajstić information content (AvgIpc) is 2.23. The lowest BCUT2D eigenvalue weighted by atomic mass is 9.82. The summed E-state index contributed by atoms with van der Waals surface area (Å²) < 4.78 is 39.7. The van der Waals surface area contributed by atoms with Gasteiger partial charge in [-0.3, -0.25) is 0 Å². The van der Waals surface area contributed by atoms with Crippen molar-refractivity contribution >= 4 is 15.7 Å². The van der Waals surface area contributed by atoms with E-state index in [0.717, 1.165) is 12.1 Å². The first kappa shape index (κ1) is 15.9. The third-order valence-corrected chi connectivity index (χ3v) is 4.66. The molecular weight excluding hydrogens is 267 g/mol. The molecule has 4 nitrogen and oxygen atoms in total. The quantitative estimate of drug-likeness (QED) is 0.835. The Morgan fingerprint density at radius 2 is 1.89 bits per heavy atom. The summed E-state index contributed by atoms with van der Waals surface area (Å²) >= 11 is 0. The minimum atomic E-state index is -3.73. The second-order valence-electron chi connectivity index (χ2n) is 5.84. The van der Waals surface area contributed by atoms with Crippen LogP contribution in [0.1, 0.15) is 27.7 Å². The number of halogens is 1. The second-order valence-corrected chi connectivity index (χ2v) is 7.61. The first-order valence-corrected chi connectivity index (χ1v) is 7.56. The van der Waals surface area contributed by atoms with Crippen molar-refractivity contribution in [3.05, 3.63) is 24.0 Å². The van der Waals surface area contributed by atoms with Crippen LogP contribution in [-0.4, -0.2) is 15.0 Å². The molecule has 1 rings (SSSR count). The molecule has 0 aromatic heterocycles. The zero-order valence-electron chi connectivity index (χ0n) is 11.7. The highest BCUT2D eigenvalue weighted by atomic mass is 32.2. The van der Waals surface area contributed by atoms with Gasteiger partial charge in [-0.15, -0.1) is 0 Å². The molecule has 1 unspecified atom stereocenters. The molecule has 3 N–H and O–H groups in total. The Bertz CT molecular complexity index is 530. The maximum Gasteiger partial charge on any atom is 0.240 e. The van der Waals surface area contributed by atoms with Crippen LogP contribution in [-0.2, 0) is 10.0 Å². The van der Waals surface area contributed by atoms with E-state index >= 15 is 0 Å². The molecule has 0 aliphatic carbocycles. The van der Waals surface area contributed by atoms with E-state index in [0.29, 0.717) is 6.54 Å². The smallest absolute Gasteiger partial charge is 0.240 e. The van der Waals surface area contributed by atoms with E-state index < -0.39 is 15.8 Å². The molecule has 1 aromatic carbocycles. The highest BCUT2D eigenvalue weighted by Gasteiger charge is 2.23. The van der Waals surface area contributed by atoms with Crippen molar-refractivity contribution in [2.75, 3.05) is 12.3 Å². The van der Waals surface area contributed by atoms with Crippen LogP contribution in [0.2, 0.25) is 0 Å². The predicted octanol–water partition coefficient (Wildman–Crippen LogP) is 2.37. The van der Waals surface area contributed by atoms with Crippen molar-refractivity contribution < 1.29 is 12.8 Å². The topological polar surface area (TPSA) is 72.2 Å². The number of nitrogen functional groups attached to an aromatic ring is 1. The van der Waals surface area contributed by atoms with Crippen LogP contribution in [0.4, 0.5) is 10.1 Å². The Balaban J connectivity index is 2.88. The second kappa shape index (κ2) is 5.46. The third kappa shape index (κ3) is 4.47. The summed E-state index contributed by atoms with van der Waals surface area (Å²) in [5, 5.41) is 0. The Hall–Kier alpha value is -1.14. The number of anilines is 1. The predicted molar refractivity (Wildman–Crippen MR) is 74.6 cm³/mol. The monoisotopic (exact) mass is 288 g/mol. The van der Waals surface area contributed by atoms with Crippen LogP contribution in [0.5, 0.6) is 0 Å². The maximum atomic E-state index is 13.2. The van der Waals surface area contributed by atoms with Gasteiger partial charge < -0.3 is 5.73 Å². The summed E-state index contributed by atoms with van der Waals surface area (Å²) in [5.74, 6) is -0.516. The summed E-state index contributed by atoms with van der Waals surface area (Å²) in [6, 6.07) is 3.28. The minimum absolute atomic E-state index is 0.0104. The van der Waals surface area contributed by atoms with Crippen LogP contribution in [0, 0.1) is 17.2 Å². The maximum absolute atomic E-state index is 13.2. The van der Waals surface area contributed by atoms with Gasteiger partial charge in [-0.25, -0.2) is 17.5 Å². The summed E-state index contributed by atoms with van der Waals surface area (Å²) in [6.07, 6.45) is 0. The van der Waals surface area contributed by atoms with Gasteiger partial charge >= 0.3 is 0 Å². The normalized spacial score (nSPS) is 14.4. The molecule has 6 heteroatoms. The van der Waals surface area contributed by atoms with Gasteiger partial charge in [0, 0.05) is 12.2 Å². The van der Waals surface area contributed by atoms with E-state index in [9.17, 15) is 12.8 Å². The van der Waals surface area contributed by atoms with E-state index in [1.807, 2.05) is 27.7 Å². The van der Waals surface area contributed by atoms with E-state index in [1.54, 1.807) is 0 Å². The SMILES string of the molecule is CC(CNS(=O)(=O)c1cc(N)cc(F)c1)C(C)(C)C. The summed E-state index contributed by atoms with van der Waals surface area (Å²) in [7, 11) is -3.73. The Labute approximate surface area is 114 Å². The molecule has 0 heterocycles. The standard InChI is InChI=1S/C13H21FN2O2S/c1-9(13(2,3)4)8-16-19(17,18)12-6-10(14)5-11(15)7-12/h5-7,9,16H,8,15H2,1-4H3. The number of benzene rings is 1. The fourth-order valence-electron chi connectivity index (χ4n) is 1.36. The molecule has 0 aliphatic heterocycles. The van der Waals surface area contributed by atoms with Gasteiger partial charge in [-0.1, -0.05) is 27.7 Å². The van der Waals surface area contributed by atoms with Crippen LogP contribution in [0.15, 0.2) is 23.1 Å². The molecule has 0 aliphatic rings. The molecule has 0 fully saturated rings. The first-order valence-electron chi connectivity index (χ1n) is 6.08. The van der Waals surface area contributed by atoms with Gasteiger partial charge in [0.25, 0.3) is 0 Å². The molecule has 0 spiro atoms. The molecule has 1 aromatic rings. The lowest BCUT2D eigenvalue weighted by Crippen LogP contribution is -2.33. The number of rotatable bonds is 4. The molecule has 19 heavy (non-hydrogen) atoms. The van der Waals surface area contributed by atoms with Gasteiger partial charge in [-0.2, -0.15) is 0 Å². The molecular formula is C13H21FN2O2S. The van der Waals surface area contributed by atoms with Gasteiger partial charge in [0.15, 0.2) is 0 Å². The fourth-order valence-corrected chi connectivity index (χ4v) is 2.56. The van der Waals surface area contributed by atoms with E-state index in [2.05, 4.69) is 4.72 Å². The summed E-state index contributed by atoms with van der Waals surface area (Å²) in [4.78, 5) is -0.147. The number of sulfonamides is 1. The van der Waals surface area contributed by atoms with E-state index in [4.69, 9.17) is 5.73 Å². The number of hydrogen-bond donors (Lipinski definition) is 2. The molecule has 1 atom stereocenters. The minimum Gasteiger partial charge on any atom is -0.399 e. The molecule has 0 bridgehead atoms. The Kier molecular flexibility index (Phi) is 4.58. The highest BCUT2D eigenvalue weighted by Crippen LogP contribution is 2.25. The van der Waals surface area contributed by atoms with Crippen LogP contribution < -0.4 is 10.5 Å². The number of nitrogens with two attached hydrogens (primary N) is 1. The van der Waals surface area contributed by atoms with Crippen molar-refractivity contribution in [1.82, 2.24) is 4.72 Å². The van der Waals surface area contributed by atoms with Crippen LogP contribution >= 0.6 is 0 Å². The van der Waals surface area contributed by atoms with Gasteiger partial charge in [0.2, 0.25) is 10.0 Å². The Morgan fingerprint density at radius 1 is 1.32 bits per heavy atom. The largest absolute Gasteiger partial charge is 0.399 e. The van der Waals surface area contributed by atoms with E-state index in [1.165, 1.54) is 6.07 Å².